The average Bonchev–Trinajstić information content (AvgIpc) is 2.33. The highest BCUT2D eigenvalue weighted by molar-refractivity contribution is 6.22. The maximum atomic E-state index is 11.9. The fourth-order valence-electron chi connectivity index (χ4n) is 2.15. The summed E-state index contributed by atoms with van der Waals surface area (Å²) >= 11 is 0. The Morgan fingerprint density at radius 2 is 1.75 bits per heavy atom. The van der Waals surface area contributed by atoms with Gasteiger partial charge < -0.3 is 5.73 Å². The minimum absolute atomic E-state index is 0.127. The topological polar surface area (TPSA) is 84.9 Å². The summed E-state index contributed by atoms with van der Waals surface area (Å²) in [5.41, 5.74) is 6.59. The number of hydrogen-bond acceptors (Lipinski definition) is 5. The molecule has 0 unspecified atom stereocenters. The molecule has 1 aromatic rings. The molecule has 104 valence electrons. The lowest BCUT2D eigenvalue weighted by atomic mass is 9.74. The highest BCUT2D eigenvalue weighted by Crippen LogP contribution is 2.33. The number of carbonyl (C=O) groups excluding carboxylic acids is 2. The van der Waals surface area contributed by atoms with Crippen molar-refractivity contribution in [3.63, 3.8) is 0 Å². The lowest BCUT2D eigenvalue weighted by Gasteiger charge is -2.27. The second-order valence-electron chi connectivity index (χ2n) is 5.68. The van der Waals surface area contributed by atoms with Gasteiger partial charge in [-0.2, -0.15) is 5.11 Å². The number of allylic oxidation sites excluding steroid dienone is 1. The molecule has 0 atom stereocenters. The Bertz CT molecular complexity index is 593. The van der Waals surface area contributed by atoms with Gasteiger partial charge in [0, 0.05) is 12.8 Å². The summed E-state index contributed by atoms with van der Waals surface area (Å²) in [6.07, 6.45) is 1.95. The third kappa shape index (κ3) is 3.17. The van der Waals surface area contributed by atoms with Crippen molar-refractivity contribution in [2.45, 2.75) is 26.7 Å². The SMILES string of the molecule is CC1(C)CC(=O)C(=CN=Nc2ccccc2N)C(=O)C1. The fraction of sp³-hybridized carbons (Fsp3) is 0.333. The van der Waals surface area contributed by atoms with Crippen molar-refractivity contribution in [2.24, 2.45) is 15.6 Å². The summed E-state index contributed by atoms with van der Waals surface area (Å²) < 4.78 is 0. The van der Waals surface area contributed by atoms with Gasteiger partial charge in [0.25, 0.3) is 0 Å². The fourth-order valence-corrected chi connectivity index (χ4v) is 2.15. The molecule has 0 spiro atoms. The molecule has 20 heavy (non-hydrogen) atoms. The number of nitrogen functional groups attached to an aromatic ring is 1. The number of nitrogens with two attached hydrogens (primary N) is 1. The van der Waals surface area contributed by atoms with Crippen LogP contribution in [0.1, 0.15) is 26.7 Å². The van der Waals surface area contributed by atoms with E-state index in [1.54, 1.807) is 24.3 Å². The minimum Gasteiger partial charge on any atom is -0.397 e. The van der Waals surface area contributed by atoms with E-state index in [-0.39, 0.29) is 22.6 Å². The van der Waals surface area contributed by atoms with Gasteiger partial charge in [0.15, 0.2) is 11.6 Å². The first-order valence-electron chi connectivity index (χ1n) is 6.41. The van der Waals surface area contributed by atoms with Crippen molar-refractivity contribution >= 4 is 22.9 Å². The molecule has 0 aliphatic heterocycles. The second-order valence-corrected chi connectivity index (χ2v) is 5.68. The smallest absolute Gasteiger partial charge is 0.168 e. The average molecular weight is 271 g/mol. The molecule has 1 aromatic carbocycles. The number of nitrogens with zero attached hydrogens (tertiary/aromatic N) is 2. The Hall–Kier alpha value is -2.30. The molecular formula is C15H17N3O2. The first-order chi connectivity index (χ1) is 9.39. The number of hydrogen-bond donors (Lipinski definition) is 1. The van der Waals surface area contributed by atoms with Crippen LogP contribution in [0, 0.1) is 5.41 Å². The molecule has 0 amide bonds. The monoisotopic (exact) mass is 271 g/mol. The lowest BCUT2D eigenvalue weighted by Crippen LogP contribution is -2.31. The third-order valence-electron chi connectivity index (χ3n) is 3.17. The number of Topliss-reactive ketones (excluding diaryl/α,β-unsaturated/α-hetero) is 2. The van der Waals surface area contributed by atoms with E-state index in [1.807, 2.05) is 13.8 Å². The molecule has 0 radical (unpaired) electrons. The van der Waals surface area contributed by atoms with Gasteiger partial charge >= 0.3 is 0 Å². The van der Waals surface area contributed by atoms with E-state index in [0.29, 0.717) is 24.2 Å². The summed E-state index contributed by atoms with van der Waals surface area (Å²) in [4.78, 5) is 23.8. The van der Waals surface area contributed by atoms with Gasteiger partial charge in [0.1, 0.15) is 5.69 Å². The van der Waals surface area contributed by atoms with Crippen LogP contribution in [0.3, 0.4) is 0 Å². The van der Waals surface area contributed by atoms with Crippen LogP contribution in [-0.4, -0.2) is 11.6 Å². The lowest BCUT2D eigenvalue weighted by molar-refractivity contribution is -0.127. The highest BCUT2D eigenvalue weighted by atomic mass is 16.1. The predicted octanol–water partition coefficient (Wildman–Crippen LogP) is 3.19. The molecule has 2 N–H and O–H groups in total. The zero-order chi connectivity index (χ0) is 14.8. The van der Waals surface area contributed by atoms with Crippen LogP contribution in [0.15, 0.2) is 46.3 Å². The number of rotatable bonds is 2. The van der Waals surface area contributed by atoms with E-state index >= 15 is 0 Å². The van der Waals surface area contributed by atoms with Gasteiger partial charge in [-0.1, -0.05) is 26.0 Å². The van der Waals surface area contributed by atoms with Gasteiger partial charge in [-0.05, 0) is 17.5 Å². The normalized spacial score (nSPS) is 18.6. The quantitative estimate of drug-likeness (QED) is 0.388. The van der Waals surface area contributed by atoms with Crippen molar-refractivity contribution in [2.75, 3.05) is 5.73 Å². The van der Waals surface area contributed by atoms with Crippen molar-refractivity contribution in [1.29, 1.82) is 0 Å². The maximum absolute atomic E-state index is 11.9. The number of para-hydroxylation sites is 1. The number of carbonyl (C=O) groups is 2. The standard InChI is InChI=1S/C15H17N3O2/c1-15(2)7-13(19)10(14(20)8-15)9-17-18-12-6-4-3-5-11(12)16/h3-6,9H,7-8,16H2,1-2H3. The largest absolute Gasteiger partial charge is 0.397 e. The molecule has 0 bridgehead atoms. The zero-order valence-electron chi connectivity index (χ0n) is 11.6. The highest BCUT2D eigenvalue weighted by Gasteiger charge is 2.35. The van der Waals surface area contributed by atoms with Crippen LogP contribution >= 0.6 is 0 Å². The zero-order valence-corrected chi connectivity index (χ0v) is 11.6. The first kappa shape index (κ1) is 14.1. The van der Waals surface area contributed by atoms with E-state index in [2.05, 4.69) is 10.2 Å². The number of anilines is 1. The molecule has 5 heteroatoms. The van der Waals surface area contributed by atoms with Crippen molar-refractivity contribution in [3.8, 4) is 0 Å². The molecule has 1 saturated carbocycles. The molecule has 0 saturated heterocycles. The van der Waals surface area contributed by atoms with Crippen LogP contribution in [0.2, 0.25) is 0 Å². The molecule has 1 fully saturated rings. The minimum atomic E-state index is -0.271. The van der Waals surface area contributed by atoms with Crippen molar-refractivity contribution in [3.05, 3.63) is 36.0 Å². The third-order valence-corrected chi connectivity index (χ3v) is 3.17. The van der Waals surface area contributed by atoms with Crippen LogP contribution in [-0.2, 0) is 9.59 Å². The number of ketones is 2. The van der Waals surface area contributed by atoms with E-state index in [0.717, 1.165) is 0 Å². The van der Waals surface area contributed by atoms with Gasteiger partial charge in [-0.25, -0.2) is 0 Å². The van der Waals surface area contributed by atoms with Crippen molar-refractivity contribution < 1.29 is 9.59 Å². The summed E-state index contributed by atoms with van der Waals surface area (Å²) in [6.45, 7) is 3.82. The Morgan fingerprint density at radius 3 is 2.35 bits per heavy atom. The molecule has 0 aromatic heterocycles. The van der Waals surface area contributed by atoms with E-state index < -0.39 is 0 Å². The predicted molar refractivity (Wildman–Crippen MR) is 76.5 cm³/mol. The Kier molecular flexibility index (Phi) is 3.79. The van der Waals surface area contributed by atoms with Crippen LogP contribution in [0.4, 0.5) is 11.4 Å². The van der Waals surface area contributed by atoms with Gasteiger partial charge in [0.2, 0.25) is 0 Å². The Balaban J connectivity index is 2.18. The van der Waals surface area contributed by atoms with Crippen LogP contribution in [0.25, 0.3) is 0 Å². The molecule has 5 nitrogen and oxygen atoms in total. The summed E-state index contributed by atoms with van der Waals surface area (Å²) in [5, 5.41) is 7.74. The second kappa shape index (κ2) is 5.36. The van der Waals surface area contributed by atoms with Gasteiger partial charge in [-0.3, -0.25) is 9.59 Å². The summed E-state index contributed by atoms with van der Waals surface area (Å²) in [6, 6.07) is 7.01. The molecule has 2 rings (SSSR count). The first-order valence-corrected chi connectivity index (χ1v) is 6.41. The number of benzene rings is 1. The van der Waals surface area contributed by atoms with E-state index in [9.17, 15) is 9.59 Å². The van der Waals surface area contributed by atoms with Gasteiger partial charge in [-0.15, -0.1) is 5.11 Å². The van der Waals surface area contributed by atoms with Crippen LogP contribution < -0.4 is 5.73 Å². The van der Waals surface area contributed by atoms with Crippen LogP contribution in [0.5, 0.6) is 0 Å². The molecular weight excluding hydrogens is 254 g/mol. The molecule has 1 aliphatic rings. The Labute approximate surface area is 117 Å². The number of azo groups is 1. The molecule has 1 aliphatic carbocycles. The maximum Gasteiger partial charge on any atom is 0.168 e. The van der Waals surface area contributed by atoms with Gasteiger partial charge in [0.05, 0.1) is 17.5 Å². The Morgan fingerprint density at radius 1 is 1.15 bits per heavy atom. The van der Waals surface area contributed by atoms with E-state index in [4.69, 9.17) is 5.73 Å². The molecule has 0 heterocycles. The summed E-state index contributed by atoms with van der Waals surface area (Å²) in [5.74, 6) is -0.350. The van der Waals surface area contributed by atoms with Crippen molar-refractivity contribution in [1.82, 2.24) is 0 Å². The summed E-state index contributed by atoms with van der Waals surface area (Å²) in [7, 11) is 0. The van der Waals surface area contributed by atoms with E-state index in [1.165, 1.54) is 6.20 Å².